The summed E-state index contributed by atoms with van der Waals surface area (Å²) in [6.45, 7) is 2.92. The van der Waals surface area contributed by atoms with Crippen molar-refractivity contribution < 1.29 is 5.11 Å². The summed E-state index contributed by atoms with van der Waals surface area (Å²) in [5.74, 6) is 3.21. The van der Waals surface area contributed by atoms with Crippen LogP contribution < -0.4 is 10.6 Å². The van der Waals surface area contributed by atoms with Crippen LogP contribution in [-0.2, 0) is 0 Å². The maximum absolute atomic E-state index is 10.1. The smallest absolute Gasteiger partial charge is 0.136 e. The average molecular weight is 276 g/mol. The van der Waals surface area contributed by atoms with Gasteiger partial charge in [-0.3, -0.25) is 0 Å². The Morgan fingerprint density at radius 1 is 1.15 bits per heavy atom. The van der Waals surface area contributed by atoms with Crippen LogP contribution in [0.15, 0.2) is 6.07 Å². The van der Waals surface area contributed by atoms with Crippen LogP contribution in [-0.4, -0.2) is 33.8 Å². The first-order valence-electron chi connectivity index (χ1n) is 7.83. The second-order valence-corrected chi connectivity index (χ2v) is 5.90. The Kier molecular flexibility index (Phi) is 4.05. The van der Waals surface area contributed by atoms with Crippen molar-refractivity contribution in [3.8, 4) is 0 Å². The largest absolute Gasteiger partial charge is 0.391 e. The van der Waals surface area contributed by atoms with Crippen LogP contribution in [0.1, 0.15) is 57.2 Å². The summed E-state index contributed by atoms with van der Waals surface area (Å²) in [6, 6.07) is 2.08. The summed E-state index contributed by atoms with van der Waals surface area (Å²) in [6.07, 6.45) is 6.33. The number of hydrogen-bond acceptors (Lipinski definition) is 5. The molecule has 5 heteroatoms. The molecule has 0 aliphatic heterocycles. The van der Waals surface area contributed by atoms with Crippen LogP contribution in [0.2, 0.25) is 0 Å². The van der Waals surface area contributed by atoms with Gasteiger partial charge in [-0.2, -0.15) is 0 Å². The third-order valence-corrected chi connectivity index (χ3v) is 4.11. The van der Waals surface area contributed by atoms with Gasteiger partial charge in [0.1, 0.15) is 17.5 Å². The Hall–Kier alpha value is -1.36. The number of aliphatic hydroxyl groups is 1. The monoisotopic (exact) mass is 276 g/mol. The fraction of sp³-hybridized carbons (Fsp3) is 0.733. The van der Waals surface area contributed by atoms with Gasteiger partial charge in [0.2, 0.25) is 0 Å². The second kappa shape index (κ2) is 5.95. The summed E-state index contributed by atoms with van der Waals surface area (Å²) in [4.78, 5) is 9.21. The molecule has 2 fully saturated rings. The highest BCUT2D eigenvalue weighted by Gasteiger charge is 2.28. The molecule has 0 amide bonds. The highest BCUT2D eigenvalue weighted by molar-refractivity contribution is 5.49. The zero-order valence-corrected chi connectivity index (χ0v) is 12.1. The van der Waals surface area contributed by atoms with Crippen LogP contribution in [0.25, 0.3) is 0 Å². The molecule has 2 unspecified atom stereocenters. The molecule has 20 heavy (non-hydrogen) atoms. The highest BCUT2D eigenvalue weighted by atomic mass is 16.3. The lowest BCUT2D eigenvalue weighted by Gasteiger charge is -2.29. The third kappa shape index (κ3) is 3.20. The minimum atomic E-state index is -0.259. The first-order valence-corrected chi connectivity index (χ1v) is 7.83. The van der Waals surface area contributed by atoms with Crippen LogP contribution in [0, 0.1) is 0 Å². The molecule has 2 atom stereocenters. The zero-order chi connectivity index (χ0) is 13.9. The molecule has 1 aromatic rings. The molecular formula is C15H24N4O. The van der Waals surface area contributed by atoms with E-state index < -0.39 is 0 Å². The predicted molar refractivity (Wildman–Crippen MR) is 80.1 cm³/mol. The molecule has 0 saturated heterocycles. The quantitative estimate of drug-likeness (QED) is 0.771. The maximum atomic E-state index is 10.1. The van der Waals surface area contributed by atoms with Crippen molar-refractivity contribution in [2.24, 2.45) is 0 Å². The Labute approximate surface area is 120 Å². The lowest BCUT2D eigenvalue weighted by atomic mass is 9.92. The number of hydrogen-bond donors (Lipinski definition) is 3. The van der Waals surface area contributed by atoms with Crippen LogP contribution in [0.5, 0.6) is 0 Å². The number of aliphatic hydroxyl groups excluding tert-OH is 1. The van der Waals surface area contributed by atoms with Crippen LogP contribution >= 0.6 is 0 Å². The number of nitrogens with one attached hydrogen (secondary N) is 2. The molecule has 2 aliphatic carbocycles. The fourth-order valence-corrected chi connectivity index (χ4v) is 2.81. The van der Waals surface area contributed by atoms with Crippen molar-refractivity contribution in [2.75, 3.05) is 17.2 Å². The minimum Gasteiger partial charge on any atom is -0.391 e. The molecule has 0 aromatic carbocycles. The van der Waals surface area contributed by atoms with Gasteiger partial charge in [-0.25, -0.2) is 9.97 Å². The van der Waals surface area contributed by atoms with Gasteiger partial charge in [-0.15, -0.1) is 0 Å². The van der Waals surface area contributed by atoms with Crippen LogP contribution in [0.3, 0.4) is 0 Å². The van der Waals surface area contributed by atoms with E-state index in [9.17, 15) is 5.11 Å². The van der Waals surface area contributed by atoms with Gasteiger partial charge in [-0.1, -0.05) is 12.8 Å². The van der Waals surface area contributed by atoms with Crippen molar-refractivity contribution in [3.63, 3.8) is 0 Å². The molecule has 110 valence electrons. The Bertz CT molecular complexity index is 461. The van der Waals surface area contributed by atoms with Crippen molar-refractivity contribution in [1.29, 1.82) is 0 Å². The van der Waals surface area contributed by atoms with Gasteiger partial charge in [0.05, 0.1) is 12.1 Å². The molecule has 3 rings (SSSR count). The molecule has 2 aliphatic rings. The van der Waals surface area contributed by atoms with E-state index >= 15 is 0 Å². The number of anilines is 2. The summed E-state index contributed by atoms with van der Waals surface area (Å²) >= 11 is 0. The lowest BCUT2D eigenvalue weighted by Crippen LogP contribution is -2.36. The molecule has 2 saturated carbocycles. The van der Waals surface area contributed by atoms with Crippen molar-refractivity contribution in [1.82, 2.24) is 9.97 Å². The topological polar surface area (TPSA) is 70.1 Å². The normalized spacial score (nSPS) is 26.3. The summed E-state index contributed by atoms with van der Waals surface area (Å²) in [7, 11) is 0. The van der Waals surface area contributed by atoms with E-state index in [1.165, 1.54) is 19.3 Å². The summed E-state index contributed by atoms with van der Waals surface area (Å²) in [5, 5.41) is 16.7. The van der Waals surface area contributed by atoms with E-state index in [0.717, 1.165) is 43.3 Å². The summed E-state index contributed by atoms with van der Waals surface area (Å²) in [5.41, 5.74) is 0. The van der Waals surface area contributed by atoms with E-state index in [-0.39, 0.29) is 12.1 Å². The highest BCUT2D eigenvalue weighted by Crippen LogP contribution is 2.39. The van der Waals surface area contributed by atoms with E-state index in [0.29, 0.717) is 5.92 Å². The maximum Gasteiger partial charge on any atom is 0.136 e. The molecule has 1 heterocycles. The standard InChI is InChI=1S/C15H24N4O/c1-2-16-13-9-14(19-15(18-13)10-7-8-10)17-11-5-3-4-6-12(11)20/h9-12,20H,2-8H2,1H3,(H2,16,17,18,19). The molecule has 0 radical (unpaired) electrons. The van der Waals surface area contributed by atoms with Crippen molar-refractivity contribution in [3.05, 3.63) is 11.9 Å². The predicted octanol–water partition coefficient (Wildman–Crippen LogP) is 2.50. The first-order chi connectivity index (χ1) is 9.76. The van der Waals surface area contributed by atoms with Gasteiger partial charge in [-0.05, 0) is 32.6 Å². The Balaban J connectivity index is 1.76. The van der Waals surface area contributed by atoms with Crippen molar-refractivity contribution >= 4 is 11.6 Å². The van der Waals surface area contributed by atoms with Gasteiger partial charge in [0, 0.05) is 18.5 Å². The van der Waals surface area contributed by atoms with Gasteiger partial charge in [0.25, 0.3) is 0 Å². The van der Waals surface area contributed by atoms with Gasteiger partial charge in [0.15, 0.2) is 0 Å². The summed E-state index contributed by atoms with van der Waals surface area (Å²) < 4.78 is 0. The molecular weight excluding hydrogens is 252 g/mol. The number of rotatable bonds is 5. The SMILES string of the molecule is CCNc1cc(NC2CCCCC2O)nc(C2CC2)n1. The fourth-order valence-electron chi connectivity index (χ4n) is 2.81. The molecule has 3 N–H and O–H groups in total. The van der Waals surface area contributed by atoms with E-state index in [1.807, 2.05) is 6.07 Å². The minimum absolute atomic E-state index is 0.125. The van der Waals surface area contributed by atoms with Gasteiger partial charge >= 0.3 is 0 Å². The Morgan fingerprint density at radius 3 is 2.60 bits per heavy atom. The average Bonchev–Trinajstić information content (AvgIpc) is 3.26. The van der Waals surface area contributed by atoms with E-state index in [2.05, 4.69) is 27.5 Å². The lowest BCUT2D eigenvalue weighted by molar-refractivity contribution is 0.116. The molecule has 0 spiro atoms. The number of nitrogens with zero attached hydrogens (tertiary/aromatic N) is 2. The van der Waals surface area contributed by atoms with Crippen LogP contribution in [0.4, 0.5) is 11.6 Å². The number of aromatic nitrogens is 2. The van der Waals surface area contributed by atoms with E-state index in [1.54, 1.807) is 0 Å². The zero-order valence-electron chi connectivity index (χ0n) is 12.1. The first kappa shape index (κ1) is 13.6. The van der Waals surface area contributed by atoms with Gasteiger partial charge < -0.3 is 15.7 Å². The van der Waals surface area contributed by atoms with Crippen molar-refractivity contribution in [2.45, 2.75) is 63.5 Å². The molecule has 5 nitrogen and oxygen atoms in total. The Morgan fingerprint density at radius 2 is 1.90 bits per heavy atom. The third-order valence-electron chi connectivity index (χ3n) is 4.11. The van der Waals surface area contributed by atoms with E-state index in [4.69, 9.17) is 0 Å². The second-order valence-electron chi connectivity index (χ2n) is 5.90. The molecule has 1 aromatic heterocycles. The molecule has 0 bridgehead atoms.